The molecule has 4 rings (SSSR count). The number of nitrogens with zero attached hydrogens (tertiary/aromatic N) is 1. The topological polar surface area (TPSA) is 56.4 Å². The largest absolute Gasteiger partial charge is 0.493 e. The van der Waals surface area contributed by atoms with Crippen LogP contribution in [0.25, 0.3) is 11.3 Å². The Kier molecular flexibility index (Phi) is 3.90. The van der Waals surface area contributed by atoms with Crippen LogP contribution in [0.5, 0.6) is 17.4 Å². The number of aromatic nitrogens is 2. The van der Waals surface area contributed by atoms with Gasteiger partial charge in [-0.25, -0.2) is 0 Å². The highest BCUT2D eigenvalue weighted by Gasteiger charge is 2.27. The van der Waals surface area contributed by atoms with Gasteiger partial charge in [0.2, 0.25) is 5.88 Å². The summed E-state index contributed by atoms with van der Waals surface area (Å²) in [4.78, 5) is 0. The molecule has 25 heavy (non-hydrogen) atoms. The van der Waals surface area contributed by atoms with Gasteiger partial charge in [0.25, 0.3) is 0 Å². The summed E-state index contributed by atoms with van der Waals surface area (Å²) in [7, 11) is 3.27. The number of fused-ring (bicyclic) bond motifs is 1. The van der Waals surface area contributed by atoms with Crippen LogP contribution in [0, 0.1) is 0 Å². The molecular formula is C20H18N2O3. The van der Waals surface area contributed by atoms with Gasteiger partial charge in [-0.3, -0.25) is 5.10 Å². The third-order valence-electron chi connectivity index (χ3n) is 4.36. The number of ether oxygens (including phenoxy) is 3. The Balaban J connectivity index is 1.83. The first-order valence-electron chi connectivity index (χ1n) is 8.00. The van der Waals surface area contributed by atoms with Crippen molar-refractivity contribution in [1.82, 2.24) is 10.2 Å². The van der Waals surface area contributed by atoms with Crippen molar-refractivity contribution in [3.05, 3.63) is 72.0 Å². The Morgan fingerprint density at radius 1 is 1.00 bits per heavy atom. The molecule has 1 aliphatic heterocycles. The maximum Gasteiger partial charge on any atom is 0.242 e. The third kappa shape index (κ3) is 2.63. The Bertz CT molecular complexity index is 916. The molecular weight excluding hydrogens is 316 g/mol. The maximum absolute atomic E-state index is 5.60. The van der Waals surface area contributed by atoms with E-state index >= 15 is 0 Å². The Labute approximate surface area is 145 Å². The van der Waals surface area contributed by atoms with Gasteiger partial charge in [-0.15, -0.1) is 5.10 Å². The molecule has 1 N–H and O–H groups in total. The molecule has 5 nitrogen and oxygen atoms in total. The molecule has 0 fully saturated rings. The van der Waals surface area contributed by atoms with E-state index in [1.54, 1.807) is 20.5 Å². The van der Waals surface area contributed by atoms with Crippen LogP contribution < -0.4 is 14.2 Å². The summed E-state index contributed by atoms with van der Waals surface area (Å²) in [5.41, 5.74) is 4.12. The van der Waals surface area contributed by atoms with Crippen molar-refractivity contribution < 1.29 is 14.2 Å². The van der Waals surface area contributed by atoms with Crippen molar-refractivity contribution in [2.75, 3.05) is 14.2 Å². The lowest BCUT2D eigenvalue weighted by atomic mass is 9.88. The highest BCUT2D eigenvalue weighted by atomic mass is 16.5. The van der Waals surface area contributed by atoms with Gasteiger partial charge in [-0.2, -0.15) is 0 Å². The molecule has 2 aromatic carbocycles. The van der Waals surface area contributed by atoms with Gasteiger partial charge in [-0.1, -0.05) is 36.4 Å². The van der Waals surface area contributed by atoms with E-state index in [0.29, 0.717) is 17.4 Å². The zero-order valence-electron chi connectivity index (χ0n) is 14.0. The second kappa shape index (κ2) is 6.36. The minimum atomic E-state index is 0.0116. The Morgan fingerprint density at radius 2 is 1.80 bits per heavy atom. The van der Waals surface area contributed by atoms with Gasteiger partial charge in [0.1, 0.15) is 0 Å². The summed E-state index contributed by atoms with van der Waals surface area (Å²) in [5, 5.41) is 7.44. The van der Waals surface area contributed by atoms with Crippen LogP contribution >= 0.6 is 0 Å². The number of aromatic amines is 1. The highest BCUT2D eigenvalue weighted by molar-refractivity contribution is 5.69. The predicted octanol–water partition coefficient (Wildman–Crippen LogP) is 4.13. The van der Waals surface area contributed by atoms with Crippen molar-refractivity contribution in [3.63, 3.8) is 0 Å². The number of benzene rings is 2. The van der Waals surface area contributed by atoms with Crippen molar-refractivity contribution in [2.24, 2.45) is 0 Å². The van der Waals surface area contributed by atoms with Crippen LogP contribution in [0.1, 0.15) is 17.0 Å². The number of rotatable bonds is 4. The standard InChI is InChI=1S/C20H18N2O3/c1-23-16-9-8-14(12-17(16)24-2)15-10-11-25-20-18(15)19(21-22-20)13-6-4-3-5-7-13/h3-12,15H,1-2H3,(H,21,22)/t15-/m1/s1. The predicted molar refractivity (Wildman–Crippen MR) is 95.2 cm³/mol. The van der Waals surface area contributed by atoms with Gasteiger partial charge in [-0.05, 0) is 29.3 Å². The number of hydrogen-bond acceptors (Lipinski definition) is 4. The lowest BCUT2D eigenvalue weighted by molar-refractivity contribution is 0.354. The molecule has 1 aromatic heterocycles. The summed E-state index contributed by atoms with van der Waals surface area (Å²) < 4.78 is 16.4. The summed E-state index contributed by atoms with van der Waals surface area (Å²) in [5.74, 6) is 2.02. The second-order valence-corrected chi connectivity index (χ2v) is 5.72. The highest BCUT2D eigenvalue weighted by Crippen LogP contribution is 2.42. The molecule has 0 saturated carbocycles. The third-order valence-corrected chi connectivity index (χ3v) is 4.36. The van der Waals surface area contributed by atoms with Crippen molar-refractivity contribution >= 4 is 0 Å². The first-order valence-corrected chi connectivity index (χ1v) is 8.00. The number of hydrogen-bond donors (Lipinski definition) is 1. The quantitative estimate of drug-likeness (QED) is 0.779. The summed E-state index contributed by atoms with van der Waals surface area (Å²) in [6.45, 7) is 0. The molecule has 0 amide bonds. The molecule has 2 heterocycles. The molecule has 0 spiro atoms. The second-order valence-electron chi connectivity index (χ2n) is 5.72. The smallest absolute Gasteiger partial charge is 0.242 e. The maximum atomic E-state index is 5.60. The average molecular weight is 334 g/mol. The van der Waals surface area contributed by atoms with Crippen LogP contribution in [-0.2, 0) is 0 Å². The van der Waals surface area contributed by atoms with Gasteiger partial charge in [0, 0.05) is 5.92 Å². The fourth-order valence-electron chi connectivity index (χ4n) is 3.14. The number of methoxy groups -OCH3 is 2. The molecule has 0 unspecified atom stereocenters. The zero-order valence-corrected chi connectivity index (χ0v) is 14.0. The van der Waals surface area contributed by atoms with Crippen LogP contribution in [0.3, 0.4) is 0 Å². The van der Waals surface area contributed by atoms with Gasteiger partial charge < -0.3 is 14.2 Å². The van der Waals surface area contributed by atoms with Crippen molar-refractivity contribution in [1.29, 1.82) is 0 Å². The van der Waals surface area contributed by atoms with E-state index in [9.17, 15) is 0 Å². The number of nitrogens with one attached hydrogen (secondary N) is 1. The molecule has 0 aliphatic carbocycles. The zero-order chi connectivity index (χ0) is 17.2. The minimum Gasteiger partial charge on any atom is -0.493 e. The number of allylic oxidation sites excluding steroid dienone is 1. The molecule has 1 aliphatic rings. The van der Waals surface area contributed by atoms with E-state index < -0.39 is 0 Å². The first-order chi connectivity index (χ1) is 12.3. The lowest BCUT2D eigenvalue weighted by Crippen LogP contribution is -2.06. The lowest BCUT2D eigenvalue weighted by Gasteiger charge is -2.20. The molecule has 126 valence electrons. The summed E-state index contributed by atoms with van der Waals surface area (Å²) in [6.07, 6.45) is 3.70. The Morgan fingerprint density at radius 3 is 2.56 bits per heavy atom. The van der Waals surface area contributed by atoms with Crippen molar-refractivity contribution in [2.45, 2.75) is 5.92 Å². The summed E-state index contributed by atoms with van der Waals surface area (Å²) >= 11 is 0. The first kappa shape index (κ1) is 15.3. The van der Waals surface area contributed by atoms with E-state index in [-0.39, 0.29) is 5.92 Å². The van der Waals surface area contributed by atoms with Crippen LogP contribution in [0.4, 0.5) is 0 Å². The van der Waals surface area contributed by atoms with Crippen LogP contribution in [-0.4, -0.2) is 24.4 Å². The van der Waals surface area contributed by atoms with Gasteiger partial charge in [0.15, 0.2) is 11.5 Å². The van der Waals surface area contributed by atoms with Crippen LogP contribution in [0.2, 0.25) is 0 Å². The fraction of sp³-hybridized carbons (Fsp3) is 0.150. The van der Waals surface area contributed by atoms with Crippen LogP contribution in [0.15, 0.2) is 60.9 Å². The minimum absolute atomic E-state index is 0.0116. The summed E-state index contributed by atoms with van der Waals surface area (Å²) in [6, 6.07) is 16.1. The van der Waals surface area contributed by atoms with E-state index in [0.717, 1.165) is 22.4 Å². The molecule has 5 heteroatoms. The van der Waals surface area contributed by atoms with Gasteiger partial charge >= 0.3 is 0 Å². The normalized spacial score (nSPS) is 15.4. The molecule has 0 radical (unpaired) electrons. The molecule has 0 bridgehead atoms. The molecule has 0 saturated heterocycles. The van der Waals surface area contributed by atoms with E-state index in [1.165, 1.54) is 0 Å². The molecule has 3 aromatic rings. The van der Waals surface area contributed by atoms with Crippen molar-refractivity contribution in [3.8, 4) is 28.6 Å². The number of H-pyrrole nitrogens is 1. The van der Waals surface area contributed by atoms with Gasteiger partial charge in [0.05, 0.1) is 31.7 Å². The fourth-order valence-corrected chi connectivity index (χ4v) is 3.14. The van der Waals surface area contributed by atoms with E-state index in [2.05, 4.69) is 22.3 Å². The van der Waals surface area contributed by atoms with E-state index in [1.807, 2.05) is 42.5 Å². The Hall–Kier alpha value is -3.21. The molecule has 1 atom stereocenters. The van der Waals surface area contributed by atoms with E-state index in [4.69, 9.17) is 14.2 Å². The average Bonchev–Trinajstić information content (AvgIpc) is 3.12. The monoisotopic (exact) mass is 334 g/mol. The SMILES string of the molecule is COc1ccc([C@H]2C=COc3n[nH]c(-c4ccccc4)c32)cc1OC.